The molecule has 0 aliphatic heterocycles. The zero-order valence-electron chi connectivity index (χ0n) is 9.45. The van der Waals surface area contributed by atoms with Gasteiger partial charge in [0.25, 0.3) is 0 Å². The summed E-state index contributed by atoms with van der Waals surface area (Å²) in [6, 6.07) is 7.62. The molecule has 94 valence electrons. The van der Waals surface area contributed by atoms with Crippen LogP contribution in [0.1, 0.15) is 11.4 Å². The van der Waals surface area contributed by atoms with E-state index in [0.717, 1.165) is 4.90 Å². The van der Waals surface area contributed by atoms with Crippen molar-refractivity contribution in [3.63, 3.8) is 0 Å². The SMILES string of the molecule is Cc1c(Cl)nc(CSc2ccccc2Cl)nc1Cl. The van der Waals surface area contributed by atoms with Gasteiger partial charge in [-0.1, -0.05) is 46.9 Å². The zero-order chi connectivity index (χ0) is 13.1. The Kier molecular flexibility index (Phi) is 4.73. The van der Waals surface area contributed by atoms with Crippen molar-refractivity contribution in [2.45, 2.75) is 17.6 Å². The van der Waals surface area contributed by atoms with Gasteiger partial charge in [-0.15, -0.1) is 11.8 Å². The minimum atomic E-state index is 0.393. The number of benzene rings is 1. The molecule has 0 amide bonds. The Bertz CT molecular complexity index is 552. The first kappa shape index (κ1) is 13.9. The summed E-state index contributed by atoms with van der Waals surface area (Å²) < 4.78 is 0. The predicted molar refractivity (Wildman–Crippen MR) is 77.8 cm³/mol. The molecule has 0 radical (unpaired) electrons. The second-order valence-electron chi connectivity index (χ2n) is 3.57. The van der Waals surface area contributed by atoms with Crippen molar-refractivity contribution in [3.05, 3.63) is 51.0 Å². The van der Waals surface area contributed by atoms with E-state index in [1.54, 1.807) is 18.7 Å². The molecule has 0 bridgehead atoms. The molecule has 2 aromatic rings. The van der Waals surface area contributed by atoms with Crippen LogP contribution < -0.4 is 0 Å². The van der Waals surface area contributed by atoms with Gasteiger partial charge in [0, 0.05) is 10.5 Å². The highest BCUT2D eigenvalue weighted by Crippen LogP contribution is 2.29. The normalized spacial score (nSPS) is 10.7. The summed E-state index contributed by atoms with van der Waals surface area (Å²) >= 11 is 19.5. The van der Waals surface area contributed by atoms with Gasteiger partial charge in [-0.2, -0.15) is 0 Å². The van der Waals surface area contributed by atoms with Crippen LogP contribution in [-0.4, -0.2) is 9.97 Å². The molecule has 0 aliphatic rings. The molecule has 2 nitrogen and oxygen atoms in total. The van der Waals surface area contributed by atoms with E-state index in [-0.39, 0.29) is 0 Å². The van der Waals surface area contributed by atoms with Crippen LogP contribution in [0.5, 0.6) is 0 Å². The molecule has 2 rings (SSSR count). The van der Waals surface area contributed by atoms with E-state index in [2.05, 4.69) is 9.97 Å². The second-order valence-corrected chi connectivity index (χ2v) is 5.71. The van der Waals surface area contributed by atoms with E-state index in [0.29, 0.717) is 32.5 Å². The molecule has 0 saturated carbocycles. The molecule has 18 heavy (non-hydrogen) atoms. The van der Waals surface area contributed by atoms with Crippen LogP contribution in [0.15, 0.2) is 29.2 Å². The Balaban J connectivity index is 2.14. The summed E-state index contributed by atoms with van der Waals surface area (Å²) in [5.74, 6) is 1.17. The first-order valence-corrected chi connectivity index (χ1v) is 7.25. The van der Waals surface area contributed by atoms with E-state index < -0.39 is 0 Å². The lowest BCUT2D eigenvalue weighted by atomic mass is 10.4. The van der Waals surface area contributed by atoms with Crippen molar-refractivity contribution in [2.75, 3.05) is 0 Å². The summed E-state index contributed by atoms with van der Waals surface area (Å²) in [6.07, 6.45) is 0. The Hall–Kier alpha value is -0.480. The van der Waals surface area contributed by atoms with Crippen LogP contribution >= 0.6 is 46.6 Å². The summed E-state index contributed by atoms with van der Waals surface area (Å²) in [4.78, 5) is 9.35. The molecule has 0 saturated heterocycles. The van der Waals surface area contributed by atoms with Crippen molar-refractivity contribution in [1.29, 1.82) is 0 Å². The highest BCUT2D eigenvalue weighted by Gasteiger charge is 2.08. The third-order valence-corrected chi connectivity index (χ3v) is 4.51. The number of hydrogen-bond donors (Lipinski definition) is 0. The third-order valence-electron chi connectivity index (χ3n) is 2.27. The number of rotatable bonds is 3. The minimum absolute atomic E-state index is 0.393. The lowest BCUT2D eigenvalue weighted by Gasteiger charge is -2.05. The van der Waals surface area contributed by atoms with Crippen molar-refractivity contribution in [2.24, 2.45) is 0 Å². The fraction of sp³-hybridized carbons (Fsp3) is 0.167. The molecular formula is C12H9Cl3N2S. The van der Waals surface area contributed by atoms with Gasteiger partial charge in [-0.3, -0.25) is 0 Å². The van der Waals surface area contributed by atoms with Gasteiger partial charge < -0.3 is 0 Å². The topological polar surface area (TPSA) is 25.8 Å². The Morgan fingerprint density at radius 1 is 1.06 bits per heavy atom. The van der Waals surface area contributed by atoms with E-state index in [1.165, 1.54) is 0 Å². The van der Waals surface area contributed by atoms with Gasteiger partial charge in [-0.05, 0) is 19.1 Å². The fourth-order valence-corrected chi connectivity index (χ4v) is 2.79. The molecule has 1 aromatic heterocycles. The lowest BCUT2D eigenvalue weighted by molar-refractivity contribution is 1.01. The van der Waals surface area contributed by atoms with Crippen LogP contribution in [0.2, 0.25) is 15.3 Å². The molecule has 6 heteroatoms. The van der Waals surface area contributed by atoms with Crippen LogP contribution in [0.3, 0.4) is 0 Å². The first-order valence-electron chi connectivity index (χ1n) is 5.14. The van der Waals surface area contributed by atoms with Crippen LogP contribution in [-0.2, 0) is 5.75 Å². The molecule has 1 aromatic carbocycles. The highest BCUT2D eigenvalue weighted by atomic mass is 35.5. The number of hydrogen-bond acceptors (Lipinski definition) is 3. The molecule has 0 spiro atoms. The van der Waals surface area contributed by atoms with Crippen LogP contribution in [0, 0.1) is 6.92 Å². The minimum Gasteiger partial charge on any atom is -0.220 e. The summed E-state index contributed by atoms with van der Waals surface area (Å²) in [7, 11) is 0. The van der Waals surface area contributed by atoms with E-state index in [1.807, 2.05) is 24.3 Å². The van der Waals surface area contributed by atoms with Gasteiger partial charge in [-0.25, -0.2) is 9.97 Å². The molecule has 0 unspecified atom stereocenters. The van der Waals surface area contributed by atoms with Crippen LogP contribution in [0.25, 0.3) is 0 Å². The lowest BCUT2D eigenvalue weighted by Crippen LogP contribution is -1.96. The largest absolute Gasteiger partial charge is 0.220 e. The standard InChI is InChI=1S/C12H9Cl3N2S/c1-7-11(14)16-10(17-12(7)15)6-18-9-5-3-2-4-8(9)13/h2-5H,6H2,1H3. The maximum Gasteiger partial charge on any atom is 0.142 e. The maximum absolute atomic E-state index is 6.06. The number of halogens is 3. The maximum atomic E-state index is 6.06. The van der Waals surface area contributed by atoms with Gasteiger partial charge in [0.15, 0.2) is 0 Å². The zero-order valence-corrected chi connectivity index (χ0v) is 12.5. The second kappa shape index (κ2) is 6.11. The van der Waals surface area contributed by atoms with E-state index >= 15 is 0 Å². The summed E-state index contributed by atoms with van der Waals surface area (Å²) in [6.45, 7) is 1.79. The van der Waals surface area contributed by atoms with Crippen molar-refractivity contribution >= 4 is 46.6 Å². The van der Waals surface area contributed by atoms with E-state index in [9.17, 15) is 0 Å². The van der Waals surface area contributed by atoms with Crippen molar-refractivity contribution < 1.29 is 0 Å². The Labute approximate surface area is 125 Å². The third kappa shape index (κ3) is 3.29. The Morgan fingerprint density at radius 3 is 2.28 bits per heavy atom. The molecule has 1 heterocycles. The van der Waals surface area contributed by atoms with Gasteiger partial charge in [0.1, 0.15) is 16.1 Å². The molecule has 0 N–H and O–H groups in total. The van der Waals surface area contributed by atoms with Gasteiger partial charge in [0.2, 0.25) is 0 Å². The number of thioether (sulfide) groups is 1. The summed E-state index contributed by atoms with van der Waals surface area (Å²) in [5, 5.41) is 1.50. The number of aromatic nitrogens is 2. The highest BCUT2D eigenvalue weighted by molar-refractivity contribution is 7.98. The monoisotopic (exact) mass is 318 g/mol. The summed E-state index contributed by atoms with van der Waals surface area (Å²) in [5.41, 5.74) is 0.699. The van der Waals surface area contributed by atoms with E-state index in [4.69, 9.17) is 34.8 Å². The Morgan fingerprint density at radius 2 is 1.67 bits per heavy atom. The van der Waals surface area contributed by atoms with Gasteiger partial charge in [0.05, 0.1) is 10.8 Å². The molecule has 0 aliphatic carbocycles. The molecular weight excluding hydrogens is 311 g/mol. The number of nitrogens with zero attached hydrogens (tertiary/aromatic N) is 2. The fourth-order valence-electron chi connectivity index (χ4n) is 1.27. The van der Waals surface area contributed by atoms with Crippen molar-refractivity contribution in [3.8, 4) is 0 Å². The average Bonchev–Trinajstić information content (AvgIpc) is 2.35. The van der Waals surface area contributed by atoms with Crippen molar-refractivity contribution in [1.82, 2.24) is 9.97 Å². The quantitative estimate of drug-likeness (QED) is 0.585. The first-order chi connectivity index (χ1) is 8.58. The smallest absolute Gasteiger partial charge is 0.142 e. The van der Waals surface area contributed by atoms with Crippen LogP contribution in [0.4, 0.5) is 0 Å². The van der Waals surface area contributed by atoms with Gasteiger partial charge >= 0.3 is 0 Å². The molecule has 0 atom stereocenters. The predicted octanol–water partition coefficient (Wildman–Crippen LogP) is 5.04. The average molecular weight is 320 g/mol. The molecule has 0 fully saturated rings.